The van der Waals surface area contributed by atoms with Gasteiger partial charge in [-0.3, -0.25) is 4.79 Å². The van der Waals surface area contributed by atoms with E-state index in [1.807, 2.05) is 19.1 Å². The first kappa shape index (κ1) is 22.0. The van der Waals surface area contributed by atoms with Crippen LogP contribution in [0.3, 0.4) is 0 Å². The van der Waals surface area contributed by atoms with Gasteiger partial charge in [0.1, 0.15) is 11.4 Å². The van der Waals surface area contributed by atoms with E-state index < -0.39 is 0 Å². The zero-order valence-electron chi connectivity index (χ0n) is 18.2. The summed E-state index contributed by atoms with van der Waals surface area (Å²) in [6.45, 7) is 3.58. The predicted octanol–water partition coefficient (Wildman–Crippen LogP) is 4.03. The van der Waals surface area contributed by atoms with Gasteiger partial charge in [0.2, 0.25) is 5.88 Å². The highest BCUT2D eigenvalue weighted by atomic mass is 32.1. The number of hydrogen-bond donors (Lipinski definition) is 2. The van der Waals surface area contributed by atoms with Crippen molar-refractivity contribution in [3.8, 4) is 5.88 Å². The molecule has 3 aromatic rings. The van der Waals surface area contributed by atoms with Crippen molar-refractivity contribution in [3.05, 3.63) is 40.5 Å². The van der Waals surface area contributed by atoms with Gasteiger partial charge in [-0.05, 0) is 37.5 Å². The minimum Gasteiger partial charge on any atom is -0.480 e. The van der Waals surface area contributed by atoms with Crippen LogP contribution in [0.1, 0.15) is 33.9 Å². The zero-order valence-corrected chi connectivity index (χ0v) is 19.0. The third-order valence-corrected chi connectivity index (χ3v) is 6.47. The molecule has 0 atom stereocenters. The Morgan fingerprint density at radius 3 is 2.44 bits per heavy atom. The summed E-state index contributed by atoms with van der Waals surface area (Å²) in [5.41, 5.74) is 1.82. The fourth-order valence-corrected chi connectivity index (χ4v) is 4.78. The van der Waals surface area contributed by atoms with Crippen molar-refractivity contribution in [1.82, 2.24) is 14.9 Å². The number of fused-ring (bicyclic) bond motifs is 1. The number of ether oxygens (including phenoxy) is 2. The molecule has 1 fully saturated rings. The number of carbonyl (C=O) groups is 2. The van der Waals surface area contributed by atoms with Crippen LogP contribution in [0.2, 0.25) is 0 Å². The predicted molar refractivity (Wildman–Crippen MR) is 124 cm³/mol. The van der Waals surface area contributed by atoms with Crippen molar-refractivity contribution in [3.63, 3.8) is 0 Å². The largest absolute Gasteiger partial charge is 0.480 e. The first-order chi connectivity index (χ1) is 15.5. The summed E-state index contributed by atoms with van der Waals surface area (Å²) in [5, 5.41) is 6.54. The molecule has 3 heterocycles. The molecule has 3 amide bonds. The Kier molecular flexibility index (Phi) is 6.52. The summed E-state index contributed by atoms with van der Waals surface area (Å²) < 4.78 is 10.6. The highest BCUT2D eigenvalue weighted by Crippen LogP contribution is 2.36. The molecule has 0 spiro atoms. The monoisotopic (exact) mass is 455 g/mol. The molecule has 32 heavy (non-hydrogen) atoms. The van der Waals surface area contributed by atoms with Crippen molar-refractivity contribution < 1.29 is 19.1 Å². The molecule has 0 radical (unpaired) electrons. The quantitative estimate of drug-likeness (QED) is 0.581. The average Bonchev–Trinajstić information content (AvgIpc) is 3.43. The lowest BCUT2D eigenvalue weighted by Crippen LogP contribution is -2.32. The SMILES string of the molecule is COCc1nc(OC)c2c(C)c(C(=O)Nc3ccccc3NC(=O)N3CCCC3)sc2n1. The second kappa shape index (κ2) is 9.49. The van der Waals surface area contributed by atoms with E-state index in [1.165, 1.54) is 18.4 Å². The Balaban J connectivity index is 1.60. The number of aryl methyl sites for hydroxylation is 1. The minimum absolute atomic E-state index is 0.159. The van der Waals surface area contributed by atoms with Gasteiger partial charge < -0.3 is 25.0 Å². The van der Waals surface area contributed by atoms with E-state index in [-0.39, 0.29) is 18.5 Å². The van der Waals surface area contributed by atoms with Crippen LogP contribution in [0.25, 0.3) is 10.2 Å². The number of anilines is 2. The summed E-state index contributed by atoms with van der Waals surface area (Å²) >= 11 is 1.27. The average molecular weight is 456 g/mol. The third-order valence-electron chi connectivity index (χ3n) is 5.29. The molecule has 1 aliphatic heterocycles. The molecule has 0 unspecified atom stereocenters. The molecular weight excluding hydrogens is 430 g/mol. The molecule has 9 nitrogen and oxygen atoms in total. The topological polar surface area (TPSA) is 106 Å². The van der Waals surface area contributed by atoms with Gasteiger partial charge in [-0.15, -0.1) is 11.3 Å². The number of amides is 3. The summed E-state index contributed by atoms with van der Waals surface area (Å²) in [5.74, 6) is 0.608. The van der Waals surface area contributed by atoms with Crippen LogP contribution in [-0.4, -0.2) is 54.1 Å². The van der Waals surface area contributed by atoms with E-state index in [1.54, 1.807) is 24.1 Å². The van der Waals surface area contributed by atoms with Crippen LogP contribution in [0, 0.1) is 6.92 Å². The number of hydrogen-bond acceptors (Lipinski definition) is 7. The van der Waals surface area contributed by atoms with Crippen LogP contribution in [-0.2, 0) is 11.3 Å². The van der Waals surface area contributed by atoms with Gasteiger partial charge in [-0.1, -0.05) is 12.1 Å². The molecule has 1 aromatic carbocycles. The molecular formula is C22H25N5O4S. The molecule has 4 rings (SSSR count). The standard InChI is InChI=1S/C22H25N5O4S/c1-13-17-20(31-3)25-16(12-30-2)26-21(17)32-18(13)19(28)23-14-8-4-5-9-15(14)24-22(29)27-10-6-7-11-27/h4-5,8-9H,6-7,10-12H2,1-3H3,(H,23,28)(H,24,29). The first-order valence-electron chi connectivity index (χ1n) is 10.3. The number of aromatic nitrogens is 2. The molecule has 10 heteroatoms. The number of methoxy groups -OCH3 is 2. The Labute approximate surface area is 189 Å². The van der Waals surface area contributed by atoms with Gasteiger partial charge in [-0.25, -0.2) is 9.78 Å². The van der Waals surface area contributed by atoms with Gasteiger partial charge in [-0.2, -0.15) is 4.98 Å². The van der Waals surface area contributed by atoms with Crippen molar-refractivity contribution in [2.75, 3.05) is 37.9 Å². The fourth-order valence-electron chi connectivity index (χ4n) is 3.70. The van der Waals surface area contributed by atoms with Crippen molar-refractivity contribution in [2.45, 2.75) is 26.4 Å². The van der Waals surface area contributed by atoms with E-state index in [2.05, 4.69) is 20.6 Å². The second-order valence-corrected chi connectivity index (χ2v) is 8.44. The van der Waals surface area contributed by atoms with E-state index in [4.69, 9.17) is 9.47 Å². The number of thiophene rings is 1. The zero-order chi connectivity index (χ0) is 22.7. The third kappa shape index (κ3) is 4.37. The normalized spacial score (nSPS) is 13.4. The number of rotatable bonds is 6. The Morgan fingerprint density at radius 2 is 1.78 bits per heavy atom. The lowest BCUT2D eigenvalue weighted by Gasteiger charge is -2.18. The van der Waals surface area contributed by atoms with Crippen LogP contribution in [0.4, 0.5) is 16.2 Å². The molecule has 0 bridgehead atoms. The van der Waals surface area contributed by atoms with E-state index >= 15 is 0 Å². The highest BCUT2D eigenvalue weighted by Gasteiger charge is 2.23. The Morgan fingerprint density at radius 1 is 1.09 bits per heavy atom. The lowest BCUT2D eigenvalue weighted by molar-refractivity contribution is 0.103. The Bertz CT molecular complexity index is 1160. The lowest BCUT2D eigenvalue weighted by atomic mass is 10.2. The van der Waals surface area contributed by atoms with E-state index in [0.717, 1.165) is 31.5 Å². The number of nitrogens with one attached hydrogen (secondary N) is 2. The number of likely N-dealkylation sites (tertiary alicyclic amines) is 1. The van der Waals surface area contributed by atoms with Gasteiger partial charge >= 0.3 is 6.03 Å². The maximum atomic E-state index is 13.2. The summed E-state index contributed by atoms with van der Waals surface area (Å²) in [6, 6.07) is 7.00. The van der Waals surface area contributed by atoms with Crippen molar-refractivity contribution >= 4 is 44.9 Å². The number of nitrogens with zero attached hydrogens (tertiary/aromatic N) is 3. The first-order valence-corrected chi connectivity index (χ1v) is 11.1. The number of carbonyl (C=O) groups excluding carboxylic acids is 2. The van der Waals surface area contributed by atoms with Gasteiger partial charge in [0.25, 0.3) is 5.91 Å². The van der Waals surface area contributed by atoms with Crippen molar-refractivity contribution in [1.29, 1.82) is 0 Å². The molecule has 1 saturated heterocycles. The number of para-hydroxylation sites is 2. The molecule has 1 aliphatic rings. The maximum absolute atomic E-state index is 13.2. The molecule has 0 saturated carbocycles. The smallest absolute Gasteiger partial charge is 0.321 e. The molecule has 2 N–H and O–H groups in total. The molecule has 0 aliphatic carbocycles. The van der Waals surface area contributed by atoms with E-state index in [0.29, 0.717) is 38.2 Å². The van der Waals surface area contributed by atoms with Gasteiger partial charge in [0, 0.05) is 20.2 Å². The van der Waals surface area contributed by atoms with Crippen LogP contribution in [0.15, 0.2) is 24.3 Å². The van der Waals surface area contributed by atoms with Crippen LogP contribution < -0.4 is 15.4 Å². The van der Waals surface area contributed by atoms with E-state index in [9.17, 15) is 9.59 Å². The molecule has 168 valence electrons. The summed E-state index contributed by atoms with van der Waals surface area (Å²) in [6.07, 6.45) is 2.02. The number of benzene rings is 1. The van der Waals surface area contributed by atoms with Crippen LogP contribution in [0.5, 0.6) is 5.88 Å². The Hall–Kier alpha value is -3.24. The summed E-state index contributed by atoms with van der Waals surface area (Å²) in [4.78, 5) is 37.5. The van der Waals surface area contributed by atoms with Gasteiger partial charge in [0.15, 0.2) is 5.82 Å². The second-order valence-electron chi connectivity index (χ2n) is 7.44. The van der Waals surface area contributed by atoms with Gasteiger partial charge in [0.05, 0.1) is 28.7 Å². The fraction of sp³-hybridized carbons (Fsp3) is 0.364. The maximum Gasteiger partial charge on any atom is 0.321 e. The minimum atomic E-state index is -0.288. The molecule has 2 aromatic heterocycles. The highest BCUT2D eigenvalue weighted by molar-refractivity contribution is 7.20. The van der Waals surface area contributed by atoms with Crippen LogP contribution >= 0.6 is 11.3 Å². The number of urea groups is 1. The summed E-state index contributed by atoms with van der Waals surface area (Å²) in [7, 11) is 3.10. The van der Waals surface area contributed by atoms with Crippen molar-refractivity contribution in [2.24, 2.45) is 0 Å².